The van der Waals surface area contributed by atoms with Gasteiger partial charge in [0, 0.05) is 0 Å². The van der Waals surface area contributed by atoms with E-state index in [0.29, 0.717) is 0 Å². The van der Waals surface area contributed by atoms with Crippen molar-refractivity contribution in [3.05, 3.63) is 33.9 Å². The average Bonchev–Trinajstić information content (AvgIpc) is 2.25. The Morgan fingerprint density at radius 2 is 1.65 bits per heavy atom. The molecule has 1 fully saturated rings. The molecule has 0 amide bonds. The van der Waals surface area contributed by atoms with Crippen molar-refractivity contribution in [1.29, 1.82) is 5.26 Å². The lowest BCUT2D eigenvalue weighted by atomic mass is 9.65. The Bertz CT molecular complexity index is 461. The highest BCUT2D eigenvalue weighted by Gasteiger charge is 2.38. The number of hydrogen-bond donors (Lipinski definition) is 0. The molecule has 0 bridgehead atoms. The van der Waals surface area contributed by atoms with Crippen molar-refractivity contribution in [3.8, 4) is 6.07 Å². The fourth-order valence-corrected chi connectivity index (χ4v) is 2.83. The molecule has 1 aromatic rings. The summed E-state index contributed by atoms with van der Waals surface area (Å²) in [5, 5.41) is 9.37. The van der Waals surface area contributed by atoms with Crippen molar-refractivity contribution < 1.29 is 0 Å². The molecule has 0 saturated heterocycles. The van der Waals surface area contributed by atoms with Crippen molar-refractivity contribution >= 4 is 0 Å². The second-order valence-corrected chi connectivity index (χ2v) is 5.66. The van der Waals surface area contributed by atoms with Crippen LogP contribution in [0.4, 0.5) is 0 Å². The summed E-state index contributed by atoms with van der Waals surface area (Å²) in [6.45, 7) is 8.73. The van der Waals surface area contributed by atoms with E-state index in [1.54, 1.807) is 0 Å². The maximum Gasteiger partial charge on any atom is 0.0693 e. The lowest BCUT2D eigenvalue weighted by molar-refractivity contribution is 0.213. The van der Waals surface area contributed by atoms with Gasteiger partial charge >= 0.3 is 0 Å². The van der Waals surface area contributed by atoms with Crippen LogP contribution in [-0.2, 0) is 6.42 Å². The van der Waals surface area contributed by atoms with E-state index in [9.17, 15) is 5.26 Å². The molecule has 0 unspecified atom stereocenters. The van der Waals surface area contributed by atoms with Crippen LogP contribution < -0.4 is 0 Å². The van der Waals surface area contributed by atoms with Gasteiger partial charge in [0.05, 0.1) is 11.5 Å². The van der Waals surface area contributed by atoms with Gasteiger partial charge in [-0.1, -0.05) is 12.5 Å². The summed E-state index contributed by atoms with van der Waals surface area (Å²) in [5.41, 5.74) is 6.84. The number of nitrogens with zero attached hydrogens (tertiary/aromatic N) is 1. The summed E-state index contributed by atoms with van der Waals surface area (Å²) >= 11 is 0. The minimum absolute atomic E-state index is 0.0598. The fourth-order valence-electron chi connectivity index (χ4n) is 2.83. The van der Waals surface area contributed by atoms with E-state index >= 15 is 0 Å². The summed E-state index contributed by atoms with van der Waals surface area (Å²) < 4.78 is 0. The van der Waals surface area contributed by atoms with Crippen molar-refractivity contribution in [2.45, 2.75) is 53.4 Å². The molecule has 0 radical (unpaired) electrons. The number of aryl methyl sites for hydroxylation is 2. The van der Waals surface area contributed by atoms with Crippen LogP contribution in [0.1, 0.15) is 47.1 Å². The van der Waals surface area contributed by atoms with E-state index < -0.39 is 0 Å². The molecule has 0 aliphatic heterocycles. The quantitative estimate of drug-likeness (QED) is 0.744. The first kappa shape index (κ1) is 12.2. The van der Waals surface area contributed by atoms with Crippen molar-refractivity contribution in [2.24, 2.45) is 5.41 Å². The number of benzene rings is 1. The lowest BCUT2D eigenvalue weighted by Crippen LogP contribution is -2.30. The summed E-state index contributed by atoms with van der Waals surface area (Å²) in [5.74, 6) is 0. The molecule has 1 aliphatic carbocycles. The topological polar surface area (TPSA) is 23.8 Å². The van der Waals surface area contributed by atoms with Gasteiger partial charge in [-0.25, -0.2) is 0 Å². The molecule has 1 aliphatic rings. The molecule has 2 rings (SSSR count). The van der Waals surface area contributed by atoms with Crippen LogP contribution in [0.15, 0.2) is 6.07 Å². The first-order valence-corrected chi connectivity index (χ1v) is 6.47. The second-order valence-electron chi connectivity index (χ2n) is 5.66. The van der Waals surface area contributed by atoms with Crippen LogP contribution in [0.3, 0.4) is 0 Å². The minimum Gasteiger partial charge on any atom is -0.198 e. The minimum atomic E-state index is -0.0598. The van der Waals surface area contributed by atoms with Gasteiger partial charge in [0.25, 0.3) is 0 Å². The molecule has 1 aromatic carbocycles. The first-order chi connectivity index (χ1) is 7.99. The number of rotatable bonds is 2. The second kappa shape index (κ2) is 4.18. The Hall–Kier alpha value is -1.29. The summed E-state index contributed by atoms with van der Waals surface area (Å²) in [6, 6.07) is 4.81. The van der Waals surface area contributed by atoms with Crippen LogP contribution in [0.5, 0.6) is 0 Å². The van der Waals surface area contributed by atoms with Crippen molar-refractivity contribution in [2.75, 3.05) is 0 Å². The smallest absolute Gasteiger partial charge is 0.0693 e. The Labute approximate surface area is 104 Å². The predicted octanol–water partition coefficient (Wildman–Crippen LogP) is 4.16. The Morgan fingerprint density at radius 3 is 2.00 bits per heavy atom. The number of hydrogen-bond acceptors (Lipinski definition) is 1. The van der Waals surface area contributed by atoms with Crippen LogP contribution >= 0.6 is 0 Å². The normalized spacial score (nSPS) is 17.4. The van der Waals surface area contributed by atoms with Crippen molar-refractivity contribution in [3.63, 3.8) is 0 Å². The van der Waals surface area contributed by atoms with E-state index in [1.165, 1.54) is 34.2 Å². The van der Waals surface area contributed by atoms with Gasteiger partial charge < -0.3 is 0 Å². The molecule has 0 heterocycles. The molecule has 0 N–H and O–H groups in total. The molecule has 90 valence electrons. The average molecular weight is 227 g/mol. The van der Waals surface area contributed by atoms with Gasteiger partial charge in [0.15, 0.2) is 0 Å². The largest absolute Gasteiger partial charge is 0.198 e. The maximum atomic E-state index is 9.37. The molecule has 1 nitrogen and oxygen atoms in total. The lowest BCUT2D eigenvalue weighted by Gasteiger charge is -2.36. The van der Waals surface area contributed by atoms with Gasteiger partial charge in [-0.15, -0.1) is 0 Å². The SMILES string of the molecule is Cc1cc(C)c(C)c(CC2(C#N)CCC2)c1C. The molecule has 0 atom stereocenters. The van der Waals surface area contributed by atoms with Crippen molar-refractivity contribution in [1.82, 2.24) is 0 Å². The Morgan fingerprint density at radius 1 is 1.12 bits per heavy atom. The molecular formula is C16H21N. The van der Waals surface area contributed by atoms with E-state index in [-0.39, 0.29) is 5.41 Å². The number of nitriles is 1. The van der Waals surface area contributed by atoms with E-state index in [0.717, 1.165) is 19.3 Å². The monoisotopic (exact) mass is 227 g/mol. The van der Waals surface area contributed by atoms with Gasteiger partial charge in [0.1, 0.15) is 0 Å². The van der Waals surface area contributed by atoms with Gasteiger partial charge in [-0.2, -0.15) is 5.26 Å². The molecule has 1 heteroatoms. The zero-order valence-electron chi connectivity index (χ0n) is 11.4. The standard InChI is InChI=1S/C16H21N/c1-11-8-12(2)14(4)15(13(11)3)9-16(10-17)6-5-7-16/h8H,5-7,9H2,1-4H3. The molecular weight excluding hydrogens is 206 g/mol. The summed E-state index contributed by atoms with van der Waals surface area (Å²) in [4.78, 5) is 0. The van der Waals surface area contributed by atoms with Crippen LogP contribution in [-0.4, -0.2) is 0 Å². The zero-order valence-corrected chi connectivity index (χ0v) is 11.4. The molecule has 17 heavy (non-hydrogen) atoms. The molecule has 0 spiro atoms. The van der Waals surface area contributed by atoms with Gasteiger partial charge in [-0.3, -0.25) is 0 Å². The van der Waals surface area contributed by atoms with E-state index in [1.807, 2.05) is 0 Å². The molecule has 1 saturated carbocycles. The van der Waals surface area contributed by atoms with E-state index in [2.05, 4.69) is 39.8 Å². The maximum absolute atomic E-state index is 9.37. The highest BCUT2D eigenvalue weighted by Crippen LogP contribution is 2.44. The van der Waals surface area contributed by atoms with Gasteiger partial charge in [-0.05, 0) is 74.8 Å². The fraction of sp³-hybridized carbons (Fsp3) is 0.562. The highest BCUT2D eigenvalue weighted by molar-refractivity contribution is 5.45. The third-order valence-electron chi connectivity index (χ3n) is 4.58. The Kier molecular flexibility index (Phi) is 3.00. The Balaban J connectivity index is 2.42. The van der Waals surface area contributed by atoms with Crippen LogP contribution in [0, 0.1) is 44.4 Å². The zero-order chi connectivity index (χ0) is 12.6. The predicted molar refractivity (Wildman–Crippen MR) is 71.0 cm³/mol. The summed E-state index contributed by atoms with van der Waals surface area (Å²) in [6.07, 6.45) is 4.32. The summed E-state index contributed by atoms with van der Waals surface area (Å²) in [7, 11) is 0. The van der Waals surface area contributed by atoms with E-state index in [4.69, 9.17) is 0 Å². The third-order valence-corrected chi connectivity index (χ3v) is 4.58. The first-order valence-electron chi connectivity index (χ1n) is 6.47. The van der Waals surface area contributed by atoms with Crippen LogP contribution in [0.25, 0.3) is 0 Å². The third kappa shape index (κ3) is 1.97. The highest BCUT2D eigenvalue weighted by atomic mass is 14.4. The van der Waals surface area contributed by atoms with Gasteiger partial charge in [0.2, 0.25) is 0 Å². The van der Waals surface area contributed by atoms with Crippen LogP contribution in [0.2, 0.25) is 0 Å². The molecule has 0 aromatic heterocycles.